The van der Waals surface area contributed by atoms with Gasteiger partial charge in [-0.25, -0.2) is 8.42 Å². The number of rotatable bonds is 8. The second-order valence-corrected chi connectivity index (χ2v) is 10.3. The maximum absolute atomic E-state index is 12.6. The number of hydrogen-bond acceptors (Lipinski definition) is 4. The van der Waals surface area contributed by atoms with Crippen LogP contribution in [-0.2, 0) is 23.1 Å². The van der Waals surface area contributed by atoms with Crippen LogP contribution in [0.25, 0.3) is 0 Å². The van der Waals surface area contributed by atoms with Crippen molar-refractivity contribution < 1.29 is 13.2 Å². The van der Waals surface area contributed by atoms with E-state index in [1.54, 1.807) is 24.3 Å². The molecule has 3 aromatic rings. The van der Waals surface area contributed by atoms with E-state index in [2.05, 4.69) is 22.3 Å². The number of benzene rings is 3. The highest BCUT2D eigenvalue weighted by molar-refractivity contribution is 7.92. The first-order valence-corrected chi connectivity index (χ1v) is 13.0. The summed E-state index contributed by atoms with van der Waals surface area (Å²) in [5, 5.41) is 2.94. The van der Waals surface area contributed by atoms with Crippen LogP contribution in [-0.4, -0.2) is 33.7 Å². The van der Waals surface area contributed by atoms with Crippen molar-refractivity contribution in [1.29, 1.82) is 0 Å². The van der Waals surface area contributed by atoms with Gasteiger partial charge in [0.1, 0.15) is 0 Å². The van der Waals surface area contributed by atoms with E-state index < -0.39 is 10.0 Å². The molecule has 0 bridgehead atoms. The summed E-state index contributed by atoms with van der Waals surface area (Å²) < 4.78 is 26.1. The van der Waals surface area contributed by atoms with Crippen LogP contribution < -0.4 is 14.5 Å². The molecule has 7 heteroatoms. The molecule has 0 atom stereocenters. The number of carbonyl (C=O) groups is 1. The first-order valence-electron chi connectivity index (χ1n) is 11.1. The highest BCUT2D eigenvalue weighted by Gasteiger charge is 2.18. The second kappa shape index (κ2) is 10.1. The van der Waals surface area contributed by atoms with Gasteiger partial charge in [0.05, 0.1) is 18.5 Å². The highest BCUT2D eigenvalue weighted by atomic mass is 32.2. The lowest BCUT2D eigenvalue weighted by Crippen LogP contribution is -2.29. The van der Waals surface area contributed by atoms with Crippen molar-refractivity contribution in [3.8, 4) is 0 Å². The molecule has 4 rings (SSSR count). The Balaban J connectivity index is 1.38. The van der Waals surface area contributed by atoms with Gasteiger partial charge >= 0.3 is 0 Å². The van der Waals surface area contributed by atoms with Gasteiger partial charge in [-0.1, -0.05) is 42.5 Å². The summed E-state index contributed by atoms with van der Waals surface area (Å²) in [4.78, 5) is 15.0. The minimum atomic E-state index is -3.48. The van der Waals surface area contributed by atoms with Crippen LogP contribution in [0.5, 0.6) is 0 Å². The maximum Gasteiger partial charge on any atom is 0.251 e. The van der Waals surface area contributed by atoms with Crippen molar-refractivity contribution in [3.05, 3.63) is 95.6 Å². The Morgan fingerprint density at radius 3 is 2.12 bits per heavy atom. The largest absolute Gasteiger partial charge is 0.372 e. The van der Waals surface area contributed by atoms with E-state index in [9.17, 15) is 13.2 Å². The summed E-state index contributed by atoms with van der Waals surface area (Å²) in [7, 11) is -3.48. The molecule has 0 radical (unpaired) electrons. The first kappa shape index (κ1) is 22.9. The molecule has 1 heterocycles. The second-order valence-electron chi connectivity index (χ2n) is 8.35. The van der Waals surface area contributed by atoms with Crippen LogP contribution >= 0.6 is 0 Å². The lowest BCUT2D eigenvalue weighted by atomic mass is 10.1. The third-order valence-corrected chi connectivity index (χ3v) is 6.99. The van der Waals surface area contributed by atoms with Gasteiger partial charge in [0.2, 0.25) is 10.0 Å². The van der Waals surface area contributed by atoms with E-state index in [1.807, 2.05) is 42.5 Å². The molecule has 6 nitrogen and oxygen atoms in total. The number of carbonyl (C=O) groups excluding carboxylic acids is 1. The molecular weight excluding hydrogens is 434 g/mol. The van der Waals surface area contributed by atoms with Crippen LogP contribution in [0.4, 0.5) is 11.4 Å². The number of hydrogen-bond donors (Lipinski definition) is 1. The highest BCUT2D eigenvalue weighted by Crippen LogP contribution is 2.22. The number of nitrogens with one attached hydrogen (secondary N) is 1. The molecule has 1 aliphatic heterocycles. The third kappa shape index (κ3) is 5.93. The van der Waals surface area contributed by atoms with E-state index in [0.29, 0.717) is 17.8 Å². The zero-order valence-corrected chi connectivity index (χ0v) is 19.6. The Kier molecular flexibility index (Phi) is 6.99. The van der Waals surface area contributed by atoms with Crippen LogP contribution in [0, 0.1) is 0 Å². The van der Waals surface area contributed by atoms with Gasteiger partial charge in [0, 0.05) is 30.9 Å². The Morgan fingerprint density at radius 1 is 0.879 bits per heavy atom. The van der Waals surface area contributed by atoms with Gasteiger partial charge in [-0.3, -0.25) is 9.10 Å². The van der Waals surface area contributed by atoms with Gasteiger partial charge in [-0.05, 0) is 60.4 Å². The predicted octanol–water partition coefficient (Wildman–Crippen LogP) is 4.18. The fraction of sp³-hybridized carbons (Fsp3) is 0.269. The van der Waals surface area contributed by atoms with Gasteiger partial charge in [-0.15, -0.1) is 0 Å². The Hall–Kier alpha value is -3.32. The monoisotopic (exact) mass is 463 g/mol. The van der Waals surface area contributed by atoms with E-state index in [-0.39, 0.29) is 12.5 Å². The van der Waals surface area contributed by atoms with Gasteiger partial charge in [-0.2, -0.15) is 0 Å². The van der Waals surface area contributed by atoms with Gasteiger partial charge in [0.25, 0.3) is 5.91 Å². The third-order valence-electron chi connectivity index (χ3n) is 5.85. The molecule has 3 aromatic carbocycles. The number of amides is 1. The number of nitrogens with zero attached hydrogens (tertiary/aromatic N) is 2. The lowest BCUT2D eigenvalue weighted by molar-refractivity contribution is 0.0951. The van der Waals surface area contributed by atoms with Crippen LogP contribution in [0.3, 0.4) is 0 Å². The SMILES string of the molecule is CS(=O)(=O)N(Cc1ccccc1)c1ccc(C(=O)NCc2ccc(N3CCCC3)cc2)cc1. The molecule has 33 heavy (non-hydrogen) atoms. The zero-order chi connectivity index (χ0) is 23.3. The molecule has 1 fully saturated rings. The van der Waals surface area contributed by atoms with Crippen molar-refractivity contribution in [2.24, 2.45) is 0 Å². The Morgan fingerprint density at radius 2 is 1.52 bits per heavy atom. The van der Waals surface area contributed by atoms with E-state index in [4.69, 9.17) is 0 Å². The predicted molar refractivity (Wildman–Crippen MR) is 133 cm³/mol. The smallest absolute Gasteiger partial charge is 0.251 e. The van der Waals surface area contributed by atoms with Crippen molar-refractivity contribution in [2.45, 2.75) is 25.9 Å². The molecule has 1 N–H and O–H groups in total. The normalized spacial score (nSPS) is 13.7. The minimum absolute atomic E-state index is 0.195. The Labute approximate surface area is 195 Å². The fourth-order valence-corrected chi connectivity index (χ4v) is 4.90. The molecule has 172 valence electrons. The molecule has 0 aromatic heterocycles. The molecule has 0 aliphatic carbocycles. The summed E-state index contributed by atoms with van der Waals surface area (Å²) in [5.41, 5.74) is 4.16. The van der Waals surface area contributed by atoms with Crippen LogP contribution in [0.1, 0.15) is 34.3 Å². The summed E-state index contributed by atoms with van der Waals surface area (Å²) >= 11 is 0. The van der Waals surface area contributed by atoms with Gasteiger partial charge in [0.15, 0.2) is 0 Å². The molecule has 1 aliphatic rings. The van der Waals surface area contributed by atoms with Crippen molar-refractivity contribution in [1.82, 2.24) is 5.32 Å². The van der Waals surface area contributed by atoms with E-state index in [0.717, 1.165) is 24.2 Å². The molecule has 0 unspecified atom stereocenters. The van der Waals surface area contributed by atoms with Crippen LogP contribution in [0.15, 0.2) is 78.9 Å². The summed E-state index contributed by atoms with van der Waals surface area (Å²) in [6.45, 7) is 2.88. The molecule has 0 saturated carbocycles. The maximum atomic E-state index is 12.6. The minimum Gasteiger partial charge on any atom is -0.372 e. The van der Waals surface area contributed by atoms with Gasteiger partial charge < -0.3 is 10.2 Å². The van der Waals surface area contributed by atoms with Crippen molar-refractivity contribution >= 4 is 27.3 Å². The molecule has 1 saturated heterocycles. The first-order chi connectivity index (χ1) is 15.9. The summed E-state index contributed by atoms with van der Waals surface area (Å²) in [6.07, 6.45) is 3.67. The fourth-order valence-electron chi connectivity index (χ4n) is 4.01. The quantitative estimate of drug-likeness (QED) is 0.544. The number of sulfonamides is 1. The number of anilines is 2. The molecule has 1 amide bonds. The Bertz CT molecular complexity index is 1170. The lowest BCUT2D eigenvalue weighted by Gasteiger charge is -2.22. The molecule has 0 spiro atoms. The average Bonchev–Trinajstić information content (AvgIpc) is 3.36. The zero-order valence-electron chi connectivity index (χ0n) is 18.8. The topological polar surface area (TPSA) is 69.7 Å². The van der Waals surface area contributed by atoms with Crippen LogP contribution in [0.2, 0.25) is 0 Å². The van der Waals surface area contributed by atoms with E-state index in [1.165, 1.54) is 29.1 Å². The summed E-state index contributed by atoms with van der Waals surface area (Å²) in [6, 6.07) is 24.4. The van der Waals surface area contributed by atoms with Crippen molar-refractivity contribution in [2.75, 3.05) is 28.6 Å². The average molecular weight is 464 g/mol. The summed E-state index contributed by atoms with van der Waals surface area (Å²) in [5.74, 6) is -0.195. The molecular formula is C26H29N3O3S. The standard InChI is InChI=1S/C26H29N3O3S/c1-33(31,32)29(20-22-7-3-2-4-8-22)25-15-11-23(12-16-25)26(30)27-19-21-9-13-24(14-10-21)28-17-5-6-18-28/h2-4,7-16H,5-6,17-20H2,1H3,(H,27,30). The van der Waals surface area contributed by atoms with Crippen molar-refractivity contribution in [3.63, 3.8) is 0 Å². The van der Waals surface area contributed by atoms with E-state index >= 15 is 0 Å².